The maximum absolute atomic E-state index is 11.8. The van der Waals surface area contributed by atoms with Gasteiger partial charge in [0.15, 0.2) is 0 Å². The predicted octanol–water partition coefficient (Wildman–Crippen LogP) is 5.18. The van der Waals surface area contributed by atoms with Crippen molar-refractivity contribution in [1.29, 1.82) is 0 Å². The van der Waals surface area contributed by atoms with Crippen LogP contribution in [-0.4, -0.2) is 43.7 Å². The van der Waals surface area contributed by atoms with Gasteiger partial charge in [0, 0.05) is 56.3 Å². The van der Waals surface area contributed by atoms with Gasteiger partial charge in [-0.3, -0.25) is 0 Å². The topological polar surface area (TPSA) is 26.7 Å². The first-order valence-electron chi connectivity index (χ1n) is 12.3. The van der Waals surface area contributed by atoms with Gasteiger partial charge in [0.05, 0.1) is 5.60 Å². The maximum Gasteiger partial charge on any atom is 0.0940 e. The van der Waals surface area contributed by atoms with Gasteiger partial charge < -0.3 is 14.9 Å². The molecule has 33 heavy (non-hydrogen) atoms. The highest BCUT2D eigenvalue weighted by Gasteiger charge is 2.53. The molecule has 170 valence electrons. The number of benzene rings is 3. The highest BCUT2D eigenvalue weighted by atomic mass is 16.3. The van der Waals surface area contributed by atoms with E-state index in [4.69, 9.17) is 0 Å². The van der Waals surface area contributed by atoms with E-state index in [1.54, 1.807) is 0 Å². The molecule has 6 rings (SSSR count). The lowest BCUT2D eigenvalue weighted by Crippen LogP contribution is -2.48. The summed E-state index contributed by atoms with van der Waals surface area (Å²) in [5.41, 5.74) is 8.93. The number of hydrogen-bond acceptors (Lipinski definition) is 3. The van der Waals surface area contributed by atoms with Gasteiger partial charge >= 0.3 is 0 Å². The molecule has 0 aromatic heterocycles. The molecular formula is C30H34N2O. The third-order valence-corrected chi connectivity index (χ3v) is 8.62. The average Bonchev–Trinajstić information content (AvgIpc) is 3.33. The first-order chi connectivity index (χ1) is 15.9. The molecule has 3 nitrogen and oxygen atoms in total. The zero-order chi connectivity index (χ0) is 22.8. The van der Waals surface area contributed by atoms with Crippen molar-refractivity contribution < 1.29 is 5.11 Å². The molecule has 1 aliphatic heterocycles. The van der Waals surface area contributed by atoms with Gasteiger partial charge in [0.1, 0.15) is 0 Å². The molecule has 1 saturated heterocycles. The third kappa shape index (κ3) is 3.02. The minimum atomic E-state index is -0.760. The van der Waals surface area contributed by atoms with Crippen molar-refractivity contribution in [3.63, 3.8) is 0 Å². The molecule has 2 bridgehead atoms. The summed E-state index contributed by atoms with van der Waals surface area (Å²) in [4.78, 5) is 4.76. The molecule has 0 radical (unpaired) electrons. The fourth-order valence-electron chi connectivity index (χ4n) is 7.17. The lowest BCUT2D eigenvalue weighted by Gasteiger charge is -2.43. The van der Waals surface area contributed by atoms with Gasteiger partial charge in [-0.15, -0.1) is 0 Å². The largest absolute Gasteiger partial charge is 0.385 e. The van der Waals surface area contributed by atoms with Gasteiger partial charge in [0.2, 0.25) is 0 Å². The van der Waals surface area contributed by atoms with E-state index < -0.39 is 5.60 Å². The Balaban J connectivity index is 1.29. The molecule has 0 unspecified atom stereocenters. The van der Waals surface area contributed by atoms with Crippen molar-refractivity contribution in [2.75, 3.05) is 38.6 Å². The number of fused-ring (bicyclic) bond motifs is 8. The fourth-order valence-corrected chi connectivity index (χ4v) is 7.17. The molecule has 3 aromatic rings. The van der Waals surface area contributed by atoms with E-state index in [1.165, 1.54) is 39.9 Å². The summed E-state index contributed by atoms with van der Waals surface area (Å²) in [6, 6.07) is 24.6. The van der Waals surface area contributed by atoms with Crippen LogP contribution < -0.4 is 4.90 Å². The van der Waals surface area contributed by atoms with Crippen molar-refractivity contribution in [3.05, 3.63) is 100 Å². The standard InChI is InChI=1S/C30H34N2O/c1-21-9-8-14-27(28(21)31(2)3)30(33)15-17-32(18-16-30)20-29-19-24(22-10-4-6-12-25(22)29)23-11-5-7-13-26(23)29/h4-14,24,33H,15-20H2,1-3H3. The Kier molecular flexibility index (Phi) is 4.73. The van der Waals surface area contributed by atoms with E-state index in [2.05, 4.69) is 97.5 Å². The van der Waals surface area contributed by atoms with Crippen LogP contribution in [0.2, 0.25) is 0 Å². The zero-order valence-electron chi connectivity index (χ0n) is 20.0. The SMILES string of the molecule is Cc1cccc(C2(O)CCN(CC34CC(c5ccccc53)c3ccccc34)CC2)c1N(C)C. The first kappa shape index (κ1) is 20.9. The normalized spacial score (nSPS) is 25.0. The number of likely N-dealkylation sites (tertiary alicyclic amines) is 1. The van der Waals surface area contributed by atoms with Crippen molar-refractivity contribution in [3.8, 4) is 0 Å². The number of rotatable bonds is 4. The molecule has 3 heteroatoms. The number of hydrogen-bond donors (Lipinski definition) is 1. The van der Waals surface area contributed by atoms with E-state index in [0.29, 0.717) is 5.92 Å². The number of piperidine rings is 1. The summed E-state index contributed by atoms with van der Waals surface area (Å²) in [6.45, 7) is 5.03. The molecule has 1 N–H and O–H groups in total. The minimum absolute atomic E-state index is 0.0887. The van der Waals surface area contributed by atoms with Gasteiger partial charge in [0.25, 0.3) is 0 Å². The summed E-state index contributed by atoms with van der Waals surface area (Å²) >= 11 is 0. The Morgan fingerprint density at radius 1 is 0.848 bits per heavy atom. The second kappa shape index (κ2) is 7.44. The summed E-state index contributed by atoms with van der Waals surface area (Å²) < 4.78 is 0. The highest BCUT2D eigenvalue weighted by Crippen LogP contribution is 2.60. The Morgan fingerprint density at radius 3 is 2.03 bits per heavy atom. The van der Waals surface area contributed by atoms with Crippen LogP contribution in [0.4, 0.5) is 5.69 Å². The Hall–Kier alpha value is -2.62. The second-order valence-corrected chi connectivity index (χ2v) is 10.7. The molecule has 0 atom stereocenters. The summed E-state index contributed by atoms with van der Waals surface area (Å²) in [6.07, 6.45) is 2.75. The van der Waals surface area contributed by atoms with Crippen LogP contribution in [0.1, 0.15) is 58.6 Å². The molecular weight excluding hydrogens is 404 g/mol. The highest BCUT2D eigenvalue weighted by molar-refractivity contribution is 5.63. The minimum Gasteiger partial charge on any atom is -0.385 e. The van der Waals surface area contributed by atoms with Gasteiger partial charge in [-0.1, -0.05) is 66.7 Å². The summed E-state index contributed by atoms with van der Waals surface area (Å²) in [5.74, 6) is 0.536. The molecule has 1 fully saturated rings. The van der Waals surface area contributed by atoms with Crippen LogP contribution in [-0.2, 0) is 11.0 Å². The van der Waals surface area contributed by atoms with Crippen LogP contribution in [0.5, 0.6) is 0 Å². The van der Waals surface area contributed by atoms with E-state index in [0.717, 1.165) is 38.0 Å². The maximum atomic E-state index is 11.8. The van der Waals surface area contributed by atoms with Crippen molar-refractivity contribution >= 4 is 5.69 Å². The summed E-state index contributed by atoms with van der Waals surface area (Å²) in [5, 5.41) is 11.8. The van der Waals surface area contributed by atoms with Crippen molar-refractivity contribution in [2.24, 2.45) is 0 Å². The van der Waals surface area contributed by atoms with Gasteiger partial charge in [-0.2, -0.15) is 0 Å². The van der Waals surface area contributed by atoms with E-state index in [9.17, 15) is 5.11 Å². The smallest absolute Gasteiger partial charge is 0.0940 e. The zero-order valence-corrected chi connectivity index (χ0v) is 20.0. The quantitative estimate of drug-likeness (QED) is 0.608. The molecule has 0 amide bonds. The van der Waals surface area contributed by atoms with Crippen molar-refractivity contribution in [1.82, 2.24) is 4.90 Å². The van der Waals surface area contributed by atoms with Gasteiger partial charge in [-0.05, 0) is 54.0 Å². The van der Waals surface area contributed by atoms with Crippen LogP contribution in [0.15, 0.2) is 66.7 Å². The number of aliphatic hydroxyl groups is 1. The van der Waals surface area contributed by atoms with Gasteiger partial charge in [-0.25, -0.2) is 0 Å². The van der Waals surface area contributed by atoms with E-state index in [-0.39, 0.29) is 5.41 Å². The number of nitrogens with zero attached hydrogens (tertiary/aromatic N) is 2. The number of aryl methyl sites for hydroxylation is 1. The van der Waals surface area contributed by atoms with Crippen LogP contribution in [0.3, 0.4) is 0 Å². The Morgan fingerprint density at radius 2 is 1.42 bits per heavy atom. The van der Waals surface area contributed by atoms with E-state index in [1.807, 2.05) is 0 Å². The molecule has 0 saturated carbocycles. The third-order valence-electron chi connectivity index (χ3n) is 8.62. The van der Waals surface area contributed by atoms with E-state index >= 15 is 0 Å². The van der Waals surface area contributed by atoms with Crippen LogP contribution in [0.25, 0.3) is 0 Å². The number of para-hydroxylation sites is 1. The first-order valence-corrected chi connectivity index (χ1v) is 12.3. The monoisotopic (exact) mass is 438 g/mol. The average molecular weight is 439 g/mol. The molecule has 1 heterocycles. The lowest BCUT2D eigenvalue weighted by atomic mass is 9.74. The molecule has 0 spiro atoms. The van der Waals surface area contributed by atoms with Crippen LogP contribution in [0, 0.1) is 6.92 Å². The molecule has 3 aliphatic rings. The number of anilines is 1. The Labute approximate surface area is 197 Å². The van der Waals surface area contributed by atoms with Crippen molar-refractivity contribution in [2.45, 2.75) is 43.1 Å². The fraction of sp³-hybridized carbons (Fsp3) is 0.400. The Bertz CT molecular complexity index is 1160. The van der Waals surface area contributed by atoms with Crippen LogP contribution >= 0.6 is 0 Å². The summed E-state index contributed by atoms with van der Waals surface area (Å²) in [7, 11) is 4.16. The predicted molar refractivity (Wildman–Crippen MR) is 135 cm³/mol. The second-order valence-electron chi connectivity index (χ2n) is 10.7. The lowest BCUT2D eigenvalue weighted by molar-refractivity contribution is -0.0285. The molecule has 2 aliphatic carbocycles. The molecule has 3 aromatic carbocycles.